The Bertz CT molecular complexity index is 775. The van der Waals surface area contributed by atoms with Crippen molar-refractivity contribution in [3.8, 4) is 11.5 Å². The van der Waals surface area contributed by atoms with Gasteiger partial charge in [0.15, 0.2) is 18.2 Å². The summed E-state index contributed by atoms with van der Waals surface area (Å²) in [5.41, 5.74) is 5.19. The van der Waals surface area contributed by atoms with E-state index in [1.807, 2.05) is 6.92 Å². The molecule has 0 heterocycles. The monoisotopic (exact) mass is 358 g/mol. The van der Waals surface area contributed by atoms with Gasteiger partial charge in [0, 0.05) is 6.08 Å². The molecule has 136 valence electrons. The van der Waals surface area contributed by atoms with Crippen LogP contribution in [0, 0.1) is 5.82 Å². The second kappa shape index (κ2) is 9.83. The third kappa shape index (κ3) is 6.27. The number of ether oxygens (including phenoxy) is 2. The first kappa shape index (κ1) is 19.0. The van der Waals surface area contributed by atoms with Crippen molar-refractivity contribution in [2.75, 3.05) is 13.2 Å². The number of hydrogen-bond donors (Lipinski definition) is 2. The van der Waals surface area contributed by atoms with Crippen LogP contribution in [-0.4, -0.2) is 25.0 Å². The van der Waals surface area contributed by atoms with Gasteiger partial charge in [-0.1, -0.05) is 24.3 Å². The van der Waals surface area contributed by atoms with Crippen molar-refractivity contribution < 1.29 is 23.5 Å². The van der Waals surface area contributed by atoms with Crippen LogP contribution in [0.1, 0.15) is 12.5 Å². The van der Waals surface area contributed by atoms with E-state index in [1.54, 1.807) is 36.4 Å². The van der Waals surface area contributed by atoms with E-state index < -0.39 is 24.2 Å². The Hall–Kier alpha value is -3.35. The standard InChI is InChI=1S/C19H19FN2O4/c1-2-25-15-10-7-14(8-11-15)9-12-18(23)21-22-19(24)13-26-17-6-4-3-5-16(17)20/h3-12H,2,13H2,1H3,(H,21,23)(H,22,24)/b12-9+. The number of carbonyl (C=O) groups excluding carboxylic acids is 2. The smallest absolute Gasteiger partial charge is 0.276 e. The lowest BCUT2D eigenvalue weighted by atomic mass is 10.2. The molecule has 2 aromatic rings. The van der Waals surface area contributed by atoms with Crippen LogP contribution >= 0.6 is 0 Å². The molecule has 26 heavy (non-hydrogen) atoms. The fourth-order valence-corrected chi connectivity index (χ4v) is 1.93. The molecule has 7 heteroatoms. The first-order valence-electron chi connectivity index (χ1n) is 7.95. The molecule has 2 aromatic carbocycles. The van der Waals surface area contributed by atoms with E-state index in [0.29, 0.717) is 6.61 Å². The number of halogens is 1. The average molecular weight is 358 g/mol. The zero-order chi connectivity index (χ0) is 18.8. The van der Waals surface area contributed by atoms with Crippen LogP contribution in [-0.2, 0) is 9.59 Å². The third-order valence-corrected chi connectivity index (χ3v) is 3.14. The van der Waals surface area contributed by atoms with E-state index >= 15 is 0 Å². The van der Waals surface area contributed by atoms with Gasteiger partial charge in [-0.3, -0.25) is 20.4 Å². The van der Waals surface area contributed by atoms with Crippen LogP contribution < -0.4 is 20.3 Å². The van der Waals surface area contributed by atoms with Crippen molar-refractivity contribution >= 4 is 17.9 Å². The SMILES string of the molecule is CCOc1ccc(/C=C/C(=O)NNC(=O)COc2ccccc2F)cc1. The Labute approximate surface area is 150 Å². The van der Waals surface area contributed by atoms with E-state index in [2.05, 4.69) is 10.9 Å². The average Bonchev–Trinajstić information content (AvgIpc) is 2.65. The number of hydrazine groups is 1. The molecule has 2 amide bonds. The van der Waals surface area contributed by atoms with Crippen LogP contribution in [0.15, 0.2) is 54.6 Å². The predicted octanol–water partition coefficient (Wildman–Crippen LogP) is 2.46. The Kier molecular flexibility index (Phi) is 7.17. The number of rotatable bonds is 7. The fourth-order valence-electron chi connectivity index (χ4n) is 1.93. The summed E-state index contributed by atoms with van der Waals surface area (Å²) in [4.78, 5) is 23.3. The van der Waals surface area contributed by atoms with E-state index in [4.69, 9.17) is 9.47 Å². The van der Waals surface area contributed by atoms with Gasteiger partial charge in [-0.05, 0) is 42.8 Å². The molecule has 0 saturated carbocycles. The van der Waals surface area contributed by atoms with Gasteiger partial charge >= 0.3 is 0 Å². The molecule has 0 fully saturated rings. The summed E-state index contributed by atoms with van der Waals surface area (Å²) >= 11 is 0. The van der Waals surface area contributed by atoms with Gasteiger partial charge in [0.05, 0.1) is 6.61 Å². The molecule has 2 N–H and O–H groups in total. The van der Waals surface area contributed by atoms with E-state index in [1.165, 1.54) is 24.3 Å². The summed E-state index contributed by atoms with van der Waals surface area (Å²) in [6.45, 7) is 2.05. The Morgan fingerprint density at radius 3 is 2.46 bits per heavy atom. The largest absolute Gasteiger partial charge is 0.494 e. The highest BCUT2D eigenvalue weighted by Gasteiger charge is 2.06. The van der Waals surface area contributed by atoms with Crippen molar-refractivity contribution in [3.05, 3.63) is 66.0 Å². The fraction of sp³-hybridized carbons (Fsp3) is 0.158. The molecule has 6 nitrogen and oxygen atoms in total. The highest BCUT2D eigenvalue weighted by atomic mass is 19.1. The highest BCUT2D eigenvalue weighted by molar-refractivity contribution is 5.93. The first-order chi connectivity index (χ1) is 12.6. The first-order valence-corrected chi connectivity index (χ1v) is 7.95. The Morgan fingerprint density at radius 2 is 1.77 bits per heavy atom. The highest BCUT2D eigenvalue weighted by Crippen LogP contribution is 2.15. The Morgan fingerprint density at radius 1 is 1.04 bits per heavy atom. The second-order valence-electron chi connectivity index (χ2n) is 5.09. The molecule has 2 rings (SSSR count). The predicted molar refractivity (Wildman–Crippen MR) is 94.8 cm³/mol. The van der Waals surface area contributed by atoms with Gasteiger partial charge in [0.1, 0.15) is 5.75 Å². The van der Waals surface area contributed by atoms with Crippen LogP contribution in [0.4, 0.5) is 4.39 Å². The van der Waals surface area contributed by atoms with E-state index in [9.17, 15) is 14.0 Å². The molecule has 0 bridgehead atoms. The van der Waals surface area contributed by atoms with E-state index in [0.717, 1.165) is 11.3 Å². The van der Waals surface area contributed by atoms with Crippen molar-refractivity contribution in [3.63, 3.8) is 0 Å². The summed E-state index contributed by atoms with van der Waals surface area (Å²) < 4.78 is 23.7. The third-order valence-electron chi connectivity index (χ3n) is 3.14. The van der Waals surface area contributed by atoms with Gasteiger partial charge in [0.2, 0.25) is 0 Å². The Balaban J connectivity index is 1.73. The molecular weight excluding hydrogens is 339 g/mol. The van der Waals surface area contributed by atoms with Crippen molar-refractivity contribution in [1.82, 2.24) is 10.9 Å². The molecule has 0 aromatic heterocycles. The van der Waals surface area contributed by atoms with Crippen molar-refractivity contribution in [2.45, 2.75) is 6.92 Å². The van der Waals surface area contributed by atoms with Crippen molar-refractivity contribution in [2.24, 2.45) is 0 Å². The topological polar surface area (TPSA) is 76.7 Å². The zero-order valence-electron chi connectivity index (χ0n) is 14.2. The maximum absolute atomic E-state index is 13.3. The number of hydrogen-bond acceptors (Lipinski definition) is 4. The maximum atomic E-state index is 13.3. The van der Waals surface area contributed by atoms with Gasteiger partial charge in [-0.2, -0.15) is 0 Å². The molecule has 0 aliphatic carbocycles. The van der Waals surface area contributed by atoms with Gasteiger partial charge in [-0.25, -0.2) is 4.39 Å². The number of benzene rings is 2. The van der Waals surface area contributed by atoms with Gasteiger partial charge < -0.3 is 9.47 Å². The lowest BCUT2D eigenvalue weighted by Gasteiger charge is -2.08. The molecule has 0 unspecified atom stereocenters. The number of carbonyl (C=O) groups is 2. The number of amides is 2. The number of nitrogens with one attached hydrogen (secondary N) is 2. The van der Waals surface area contributed by atoms with Crippen molar-refractivity contribution in [1.29, 1.82) is 0 Å². The summed E-state index contributed by atoms with van der Waals surface area (Å²) in [6.07, 6.45) is 2.86. The van der Waals surface area contributed by atoms with Gasteiger partial charge in [0.25, 0.3) is 11.8 Å². The zero-order valence-corrected chi connectivity index (χ0v) is 14.2. The lowest BCUT2D eigenvalue weighted by Crippen LogP contribution is -2.43. The lowest BCUT2D eigenvalue weighted by molar-refractivity contribution is -0.128. The molecule has 0 aliphatic heterocycles. The summed E-state index contributed by atoms with van der Waals surface area (Å²) in [5, 5.41) is 0. The number of para-hydroxylation sites is 1. The normalized spacial score (nSPS) is 10.4. The molecule has 0 aliphatic rings. The maximum Gasteiger partial charge on any atom is 0.276 e. The summed E-state index contributed by atoms with van der Waals surface area (Å²) in [7, 11) is 0. The van der Waals surface area contributed by atoms with Crippen LogP contribution in [0.25, 0.3) is 6.08 Å². The van der Waals surface area contributed by atoms with E-state index in [-0.39, 0.29) is 5.75 Å². The van der Waals surface area contributed by atoms with Gasteiger partial charge in [-0.15, -0.1) is 0 Å². The minimum atomic E-state index is -0.615. The quantitative estimate of drug-likeness (QED) is 0.589. The minimum absolute atomic E-state index is 0.0376. The van der Waals surface area contributed by atoms with Crippen LogP contribution in [0.2, 0.25) is 0 Å². The molecule has 0 radical (unpaired) electrons. The van der Waals surface area contributed by atoms with Crippen LogP contribution in [0.3, 0.4) is 0 Å². The van der Waals surface area contributed by atoms with Crippen LogP contribution in [0.5, 0.6) is 11.5 Å². The summed E-state index contributed by atoms with van der Waals surface area (Å²) in [6, 6.07) is 12.9. The minimum Gasteiger partial charge on any atom is -0.494 e. The summed E-state index contributed by atoms with van der Waals surface area (Å²) in [5.74, 6) is -0.989. The molecular formula is C19H19FN2O4. The molecule has 0 saturated heterocycles. The molecule has 0 spiro atoms. The second-order valence-corrected chi connectivity index (χ2v) is 5.09. The molecule has 0 atom stereocenters.